The van der Waals surface area contributed by atoms with Crippen LogP contribution in [0.1, 0.15) is 30.5 Å². The number of piperazine rings is 1. The summed E-state index contributed by atoms with van der Waals surface area (Å²) < 4.78 is 14.4. The van der Waals surface area contributed by atoms with Gasteiger partial charge in [-0.25, -0.2) is 9.40 Å². The van der Waals surface area contributed by atoms with Crippen molar-refractivity contribution in [3.63, 3.8) is 0 Å². The van der Waals surface area contributed by atoms with E-state index >= 15 is 0 Å². The molecule has 1 amide bonds. The molecule has 4 rings (SSSR count). The molecule has 2 aromatic rings. The predicted octanol–water partition coefficient (Wildman–Crippen LogP) is 3.79. The van der Waals surface area contributed by atoms with Crippen LogP contribution in [0.25, 0.3) is 0 Å². The molecule has 2 heterocycles. The average Bonchev–Trinajstić information content (AvgIpc) is 3.20. The third-order valence-electron chi connectivity index (χ3n) is 5.88. The van der Waals surface area contributed by atoms with E-state index in [1.807, 2.05) is 24.3 Å². The summed E-state index contributed by atoms with van der Waals surface area (Å²) in [4.78, 5) is 17.8. The van der Waals surface area contributed by atoms with Gasteiger partial charge in [-0.05, 0) is 30.3 Å². The molecule has 0 saturated carbocycles. The molecule has 2 aliphatic heterocycles. The number of carbonyl (C=O) groups excluding carboxylic acids is 1. The van der Waals surface area contributed by atoms with Gasteiger partial charge in [0.25, 0.3) is 5.91 Å². The van der Waals surface area contributed by atoms with E-state index in [-0.39, 0.29) is 17.8 Å². The average molecular weight is 429 g/mol. The number of carbonyl (C=O) groups is 1. The summed E-state index contributed by atoms with van der Waals surface area (Å²) >= 11 is 6.05. The van der Waals surface area contributed by atoms with E-state index in [2.05, 4.69) is 21.8 Å². The van der Waals surface area contributed by atoms with Crippen LogP contribution in [-0.4, -0.2) is 65.7 Å². The van der Waals surface area contributed by atoms with Crippen molar-refractivity contribution in [2.45, 2.75) is 19.4 Å². The van der Waals surface area contributed by atoms with Crippen molar-refractivity contribution in [2.24, 2.45) is 5.10 Å². The van der Waals surface area contributed by atoms with Gasteiger partial charge in [-0.3, -0.25) is 9.69 Å². The molecule has 0 bridgehead atoms. The number of rotatable bonds is 5. The van der Waals surface area contributed by atoms with Crippen LogP contribution in [0.3, 0.4) is 0 Å². The second-order valence-electron chi connectivity index (χ2n) is 7.75. The molecule has 1 saturated heterocycles. The fourth-order valence-corrected chi connectivity index (χ4v) is 4.20. The molecule has 158 valence electrons. The minimum Gasteiger partial charge on any atom is -0.301 e. The molecule has 2 aromatic carbocycles. The standard InChI is InChI=1S/C23H26ClFN4O/c1-2-27-11-13-28(14-12-27)16-23(30)29-22(17-7-9-18(24)10-8-17)15-21(26-29)19-5-3-4-6-20(19)25/h3-10,22H,2,11-16H2,1H3. The van der Waals surface area contributed by atoms with E-state index in [0.29, 0.717) is 29.3 Å². The Bertz CT molecular complexity index is 925. The van der Waals surface area contributed by atoms with Crippen LogP contribution < -0.4 is 0 Å². The third kappa shape index (κ3) is 4.56. The Morgan fingerprint density at radius 3 is 2.40 bits per heavy atom. The topological polar surface area (TPSA) is 39.1 Å². The molecule has 2 aliphatic rings. The number of halogens is 2. The first-order valence-corrected chi connectivity index (χ1v) is 10.8. The maximum Gasteiger partial charge on any atom is 0.257 e. The number of nitrogens with zero attached hydrogens (tertiary/aromatic N) is 4. The van der Waals surface area contributed by atoms with Gasteiger partial charge in [-0.2, -0.15) is 5.10 Å². The fraction of sp³-hybridized carbons (Fsp3) is 0.391. The van der Waals surface area contributed by atoms with Gasteiger partial charge < -0.3 is 4.90 Å². The molecule has 5 nitrogen and oxygen atoms in total. The minimum absolute atomic E-state index is 0.0637. The Labute approximate surface area is 181 Å². The maximum absolute atomic E-state index is 14.4. The van der Waals surface area contributed by atoms with Gasteiger partial charge in [0, 0.05) is 43.2 Å². The Morgan fingerprint density at radius 2 is 1.73 bits per heavy atom. The number of benzene rings is 2. The van der Waals surface area contributed by atoms with Crippen molar-refractivity contribution in [1.82, 2.24) is 14.8 Å². The number of likely N-dealkylation sites (N-methyl/N-ethyl adjacent to an activating group) is 1. The van der Waals surface area contributed by atoms with Crippen molar-refractivity contribution in [3.8, 4) is 0 Å². The van der Waals surface area contributed by atoms with Gasteiger partial charge in [0.1, 0.15) is 5.82 Å². The summed E-state index contributed by atoms with van der Waals surface area (Å²) in [5.74, 6) is -0.387. The largest absolute Gasteiger partial charge is 0.301 e. The van der Waals surface area contributed by atoms with Crippen LogP contribution in [0.5, 0.6) is 0 Å². The second kappa shape index (κ2) is 9.25. The molecule has 1 atom stereocenters. The normalized spacial score (nSPS) is 20.4. The Morgan fingerprint density at radius 1 is 1.07 bits per heavy atom. The van der Waals surface area contributed by atoms with Crippen LogP contribution in [0.4, 0.5) is 4.39 Å². The van der Waals surface area contributed by atoms with E-state index in [4.69, 9.17) is 11.6 Å². The van der Waals surface area contributed by atoms with Crippen molar-refractivity contribution < 1.29 is 9.18 Å². The van der Waals surface area contributed by atoms with Gasteiger partial charge in [-0.15, -0.1) is 0 Å². The lowest BCUT2D eigenvalue weighted by Gasteiger charge is -2.34. The molecule has 1 unspecified atom stereocenters. The second-order valence-corrected chi connectivity index (χ2v) is 8.18. The molecule has 0 radical (unpaired) electrons. The smallest absolute Gasteiger partial charge is 0.257 e. The lowest BCUT2D eigenvalue weighted by atomic mass is 9.98. The molecule has 0 N–H and O–H groups in total. The quantitative estimate of drug-likeness (QED) is 0.727. The molecule has 1 fully saturated rings. The summed E-state index contributed by atoms with van der Waals surface area (Å²) in [7, 11) is 0. The third-order valence-corrected chi connectivity index (χ3v) is 6.13. The molecule has 30 heavy (non-hydrogen) atoms. The number of hydrogen-bond acceptors (Lipinski definition) is 4. The highest BCUT2D eigenvalue weighted by Crippen LogP contribution is 2.34. The first-order chi connectivity index (χ1) is 14.5. The van der Waals surface area contributed by atoms with Gasteiger partial charge in [0.15, 0.2) is 0 Å². The van der Waals surface area contributed by atoms with E-state index in [1.54, 1.807) is 18.2 Å². The van der Waals surface area contributed by atoms with E-state index in [0.717, 1.165) is 38.3 Å². The highest BCUT2D eigenvalue weighted by atomic mass is 35.5. The van der Waals surface area contributed by atoms with E-state index in [9.17, 15) is 9.18 Å². The number of hydrazone groups is 1. The summed E-state index contributed by atoms with van der Waals surface area (Å²) in [6.07, 6.45) is 0.470. The first kappa shape index (κ1) is 21.0. The summed E-state index contributed by atoms with van der Waals surface area (Å²) in [6.45, 7) is 7.16. The maximum atomic E-state index is 14.4. The summed E-state index contributed by atoms with van der Waals surface area (Å²) in [5.41, 5.74) is 1.99. The predicted molar refractivity (Wildman–Crippen MR) is 117 cm³/mol. The zero-order valence-electron chi connectivity index (χ0n) is 17.1. The highest BCUT2D eigenvalue weighted by molar-refractivity contribution is 6.30. The SMILES string of the molecule is CCN1CCN(CC(=O)N2N=C(c3ccccc3F)CC2c2ccc(Cl)cc2)CC1. The van der Waals surface area contributed by atoms with E-state index < -0.39 is 0 Å². The summed E-state index contributed by atoms with van der Waals surface area (Å²) in [5, 5.41) is 6.76. The van der Waals surface area contributed by atoms with Gasteiger partial charge >= 0.3 is 0 Å². The molecular weight excluding hydrogens is 403 g/mol. The van der Waals surface area contributed by atoms with Gasteiger partial charge in [-0.1, -0.05) is 48.9 Å². The zero-order chi connectivity index (χ0) is 21.1. The zero-order valence-corrected chi connectivity index (χ0v) is 17.9. The Balaban J connectivity index is 1.56. The lowest BCUT2D eigenvalue weighted by molar-refractivity contribution is -0.134. The van der Waals surface area contributed by atoms with Crippen LogP contribution in [0, 0.1) is 5.82 Å². The Kier molecular flexibility index (Phi) is 6.46. The van der Waals surface area contributed by atoms with E-state index in [1.165, 1.54) is 11.1 Å². The van der Waals surface area contributed by atoms with Crippen LogP contribution >= 0.6 is 11.6 Å². The Hall–Kier alpha value is -2.28. The fourth-order valence-electron chi connectivity index (χ4n) is 4.07. The molecule has 0 aromatic heterocycles. The monoisotopic (exact) mass is 428 g/mol. The number of hydrogen-bond donors (Lipinski definition) is 0. The van der Waals surface area contributed by atoms with Crippen LogP contribution in [0.15, 0.2) is 53.6 Å². The lowest BCUT2D eigenvalue weighted by Crippen LogP contribution is -2.49. The van der Waals surface area contributed by atoms with Gasteiger partial charge in [0.2, 0.25) is 0 Å². The van der Waals surface area contributed by atoms with Crippen molar-refractivity contribution >= 4 is 23.2 Å². The van der Waals surface area contributed by atoms with Crippen molar-refractivity contribution in [2.75, 3.05) is 39.3 Å². The summed E-state index contributed by atoms with van der Waals surface area (Å²) in [6, 6.07) is 13.8. The van der Waals surface area contributed by atoms with Gasteiger partial charge in [0.05, 0.1) is 18.3 Å². The highest BCUT2D eigenvalue weighted by Gasteiger charge is 2.34. The first-order valence-electron chi connectivity index (χ1n) is 10.4. The van der Waals surface area contributed by atoms with Crippen LogP contribution in [0.2, 0.25) is 5.02 Å². The number of amides is 1. The molecule has 7 heteroatoms. The van der Waals surface area contributed by atoms with Crippen LogP contribution in [-0.2, 0) is 4.79 Å². The molecule has 0 aliphatic carbocycles. The molecular formula is C23H26ClFN4O. The minimum atomic E-state index is -0.323. The molecule has 0 spiro atoms. The van der Waals surface area contributed by atoms with Crippen molar-refractivity contribution in [3.05, 3.63) is 70.5 Å². The van der Waals surface area contributed by atoms with Crippen molar-refractivity contribution in [1.29, 1.82) is 0 Å².